The average Bonchev–Trinajstić information content (AvgIpc) is 2.26. The predicted octanol–water partition coefficient (Wildman–Crippen LogP) is 0.729. The van der Waals surface area contributed by atoms with Gasteiger partial charge in [0.2, 0.25) is 0 Å². The Morgan fingerprint density at radius 1 is 0.789 bits per heavy atom. The van der Waals surface area contributed by atoms with Crippen LogP contribution in [-0.2, 0) is 0 Å². The molecule has 2 unspecified atom stereocenters. The molecule has 6 heteroatoms. The maximum Gasteiger partial charge on any atom is 0.116 e. The van der Waals surface area contributed by atoms with Crippen molar-refractivity contribution in [2.24, 2.45) is 0 Å². The number of aliphatic hydroxyl groups is 2. The van der Waals surface area contributed by atoms with Crippen LogP contribution in [0.1, 0.15) is 6.42 Å². The first-order valence-corrected chi connectivity index (χ1v) is 7.81. The molecule has 0 bridgehead atoms. The molecule has 19 heavy (non-hydrogen) atoms. The fraction of sp³-hybridized carbons (Fsp3) is 1.00. The zero-order valence-corrected chi connectivity index (χ0v) is 14.2. The molecular weight excluding hydrogens is 287 g/mol. The molecule has 0 aromatic heterocycles. The highest BCUT2D eigenvalue weighted by molar-refractivity contribution is 6.18. The van der Waals surface area contributed by atoms with E-state index in [2.05, 4.69) is 28.2 Å². The zero-order valence-electron chi connectivity index (χ0n) is 12.6. The van der Waals surface area contributed by atoms with Gasteiger partial charge in [0.05, 0.1) is 53.0 Å². The van der Waals surface area contributed by atoms with Crippen molar-refractivity contribution in [1.82, 2.24) is 0 Å². The van der Waals surface area contributed by atoms with Crippen LogP contribution >= 0.6 is 23.2 Å². The number of quaternary nitrogens is 2. The van der Waals surface area contributed by atoms with Gasteiger partial charge in [-0.25, -0.2) is 0 Å². The molecule has 0 rings (SSSR count). The van der Waals surface area contributed by atoms with Crippen molar-refractivity contribution >= 4 is 23.2 Å². The molecule has 4 nitrogen and oxygen atoms in total. The normalized spacial score (nSPS) is 16.4. The first-order valence-electron chi connectivity index (χ1n) is 6.74. The first-order chi connectivity index (χ1) is 8.62. The topological polar surface area (TPSA) is 40.5 Å². The van der Waals surface area contributed by atoms with Gasteiger partial charge < -0.3 is 19.2 Å². The van der Waals surface area contributed by atoms with E-state index in [0.717, 1.165) is 28.5 Å². The standard InChI is InChI=1S/C13H30Cl2N2O2/c1-16(2,10-12(18)8-14)6-5-7-17(3,4)11-13(19)9-15/h12-13,18-19H,5-11H2,1-4H3/q+2. The van der Waals surface area contributed by atoms with E-state index in [4.69, 9.17) is 23.2 Å². The lowest BCUT2D eigenvalue weighted by molar-refractivity contribution is -0.912. The molecule has 0 amide bonds. The van der Waals surface area contributed by atoms with E-state index in [-0.39, 0.29) is 11.8 Å². The second-order valence-electron chi connectivity index (χ2n) is 6.65. The first kappa shape index (κ1) is 19.4. The van der Waals surface area contributed by atoms with Gasteiger partial charge in [-0.1, -0.05) is 0 Å². The molecule has 0 heterocycles. The molecule has 0 aliphatic rings. The summed E-state index contributed by atoms with van der Waals surface area (Å²) in [6, 6.07) is 0. The van der Waals surface area contributed by atoms with Gasteiger partial charge in [0, 0.05) is 6.42 Å². The molecule has 0 aromatic rings. The lowest BCUT2D eigenvalue weighted by atomic mass is 10.2. The smallest absolute Gasteiger partial charge is 0.116 e. The molecule has 0 saturated heterocycles. The van der Waals surface area contributed by atoms with E-state index in [0.29, 0.717) is 13.1 Å². The van der Waals surface area contributed by atoms with Crippen LogP contribution in [0, 0.1) is 0 Å². The van der Waals surface area contributed by atoms with Crippen LogP contribution in [0.3, 0.4) is 0 Å². The molecule has 0 aromatic carbocycles. The van der Waals surface area contributed by atoms with E-state index >= 15 is 0 Å². The van der Waals surface area contributed by atoms with E-state index in [9.17, 15) is 10.2 Å². The maximum absolute atomic E-state index is 9.60. The van der Waals surface area contributed by atoms with Gasteiger partial charge in [-0.2, -0.15) is 0 Å². The number of nitrogens with zero attached hydrogens (tertiary/aromatic N) is 2. The van der Waals surface area contributed by atoms with Crippen molar-refractivity contribution < 1.29 is 19.2 Å². The molecule has 0 radical (unpaired) electrons. The van der Waals surface area contributed by atoms with Crippen LogP contribution in [0.25, 0.3) is 0 Å². The number of halogens is 2. The Morgan fingerprint density at radius 3 is 1.37 bits per heavy atom. The molecule has 0 spiro atoms. The lowest BCUT2D eigenvalue weighted by Gasteiger charge is -2.35. The molecule has 0 aliphatic carbocycles. The predicted molar refractivity (Wildman–Crippen MR) is 81.8 cm³/mol. The Bertz CT molecular complexity index is 227. The Kier molecular flexibility index (Phi) is 8.84. The number of likely N-dealkylation sites (N-methyl/N-ethyl adjacent to an activating group) is 2. The summed E-state index contributed by atoms with van der Waals surface area (Å²) in [5.74, 6) is 0.566. The third-order valence-corrected chi connectivity index (χ3v) is 4.01. The maximum atomic E-state index is 9.60. The number of rotatable bonds is 10. The van der Waals surface area contributed by atoms with Gasteiger partial charge in [0.15, 0.2) is 0 Å². The monoisotopic (exact) mass is 316 g/mol. The summed E-state index contributed by atoms with van der Waals surface area (Å²) in [6.45, 7) is 3.29. The molecule has 0 aliphatic heterocycles. The van der Waals surface area contributed by atoms with E-state index < -0.39 is 12.2 Å². The van der Waals surface area contributed by atoms with Gasteiger partial charge in [0.1, 0.15) is 25.3 Å². The van der Waals surface area contributed by atoms with Crippen LogP contribution in [0.5, 0.6) is 0 Å². The quantitative estimate of drug-likeness (QED) is 0.461. The highest BCUT2D eigenvalue weighted by Gasteiger charge is 2.24. The van der Waals surface area contributed by atoms with E-state index in [1.807, 2.05) is 0 Å². The largest absolute Gasteiger partial charge is 0.386 e. The van der Waals surface area contributed by atoms with Crippen LogP contribution in [0.2, 0.25) is 0 Å². The third kappa shape index (κ3) is 9.88. The van der Waals surface area contributed by atoms with Crippen molar-refractivity contribution in [3.05, 3.63) is 0 Å². The lowest BCUT2D eigenvalue weighted by Crippen LogP contribution is -2.50. The Morgan fingerprint density at radius 2 is 1.11 bits per heavy atom. The summed E-state index contributed by atoms with van der Waals surface area (Å²) >= 11 is 11.3. The van der Waals surface area contributed by atoms with Crippen LogP contribution < -0.4 is 0 Å². The highest BCUT2D eigenvalue weighted by Crippen LogP contribution is 2.07. The second-order valence-corrected chi connectivity index (χ2v) is 7.27. The van der Waals surface area contributed by atoms with Gasteiger partial charge in [-0.15, -0.1) is 23.2 Å². The second kappa shape index (κ2) is 8.65. The highest BCUT2D eigenvalue weighted by atomic mass is 35.5. The minimum absolute atomic E-state index is 0.283. The van der Waals surface area contributed by atoms with Gasteiger partial charge in [-0.3, -0.25) is 0 Å². The molecule has 116 valence electrons. The minimum atomic E-state index is -0.447. The van der Waals surface area contributed by atoms with Crippen LogP contribution in [0.15, 0.2) is 0 Å². The number of aliphatic hydroxyl groups excluding tert-OH is 2. The van der Waals surface area contributed by atoms with Crippen LogP contribution in [0.4, 0.5) is 0 Å². The molecule has 0 saturated carbocycles. The van der Waals surface area contributed by atoms with Crippen molar-refractivity contribution in [2.75, 3.05) is 66.1 Å². The van der Waals surface area contributed by atoms with E-state index in [1.54, 1.807) is 0 Å². The molecular formula is C13H30Cl2N2O2+2. The summed E-state index contributed by atoms with van der Waals surface area (Å²) in [6.07, 6.45) is 0.138. The number of hydrogen-bond donors (Lipinski definition) is 2. The summed E-state index contributed by atoms with van der Waals surface area (Å²) in [4.78, 5) is 0. The average molecular weight is 317 g/mol. The van der Waals surface area contributed by atoms with E-state index in [1.165, 1.54) is 0 Å². The van der Waals surface area contributed by atoms with Crippen molar-refractivity contribution in [1.29, 1.82) is 0 Å². The van der Waals surface area contributed by atoms with Crippen LogP contribution in [-0.4, -0.2) is 97.5 Å². The van der Waals surface area contributed by atoms with Crippen molar-refractivity contribution in [3.8, 4) is 0 Å². The summed E-state index contributed by atoms with van der Waals surface area (Å²) in [5, 5.41) is 19.2. The van der Waals surface area contributed by atoms with Crippen molar-refractivity contribution in [3.63, 3.8) is 0 Å². The fourth-order valence-electron chi connectivity index (χ4n) is 2.35. The Labute approximate surface area is 127 Å². The third-order valence-electron chi connectivity index (χ3n) is 3.29. The fourth-order valence-corrected chi connectivity index (χ4v) is 2.54. The SMILES string of the molecule is C[N+](C)(CCC[N+](C)(C)CC(O)CCl)CC(O)CCl. The van der Waals surface area contributed by atoms with Crippen molar-refractivity contribution in [2.45, 2.75) is 18.6 Å². The molecule has 0 fully saturated rings. The number of hydrogen-bond acceptors (Lipinski definition) is 2. The zero-order chi connectivity index (χ0) is 15.1. The number of alkyl halides is 2. The van der Waals surface area contributed by atoms with Gasteiger partial charge >= 0.3 is 0 Å². The van der Waals surface area contributed by atoms with Gasteiger partial charge in [0.25, 0.3) is 0 Å². The minimum Gasteiger partial charge on any atom is -0.386 e. The summed E-state index contributed by atoms with van der Waals surface area (Å²) in [7, 11) is 8.40. The summed E-state index contributed by atoms with van der Waals surface area (Å²) < 4.78 is 1.51. The van der Waals surface area contributed by atoms with Gasteiger partial charge in [-0.05, 0) is 0 Å². The Hall–Kier alpha value is 0.420. The molecule has 2 atom stereocenters. The Balaban J connectivity index is 4.06. The molecule has 2 N–H and O–H groups in total. The summed E-state index contributed by atoms with van der Waals surface area (Å²) in [5.41, 5.74) is 0.